The summed E-state index contributed by atoms with van der Waals surface area (Å²) in [5.41, 5.74) is 2.13. The maximum absolute atomic E-state index is 11.7. The second kappa shape index (κ2) is 4.97. The molecule has 2 heterocycles. The summed E-state index contributed by atoms with van der Waals surface area (Å²) in [6.07, 6.45) is 3.40. The molecule has 0 aliphatic carbocycles. The Kier molecular flexibility index (Phi) is 2.94. The number of benzene rings is 2. The van der Waals surface area contributed by atoms with Crippen LogP contribution in [0.3, 0.4) is 0 Å². The first-order valence-corrected chi connectivity index (χ1v) is 7.24. The van der Waals surface area contributed by atoms with E-state index in [2.05, 4.69) is 4.98 Å². The highest BCUT2D eigenvalue weighted by atomic mass is 16.5. The molecule has 1 atom stereocenters. The third kappa shape index (κ3) is 1.83. The van der Waals surface area contributed by atoms with Crippen molar-refractivity contribution >= 4 is 0 Å². The summed E-state index contributed by atoms with van der Waals surface area (Å²) in [4.78, 5) is 4.06. The Morgan fingerprint density at radius 3 is 2.36 bits per heavy atom. The number of pyridine rings is 1. The first kappa shape index (κ1) is 13.0. The molecule has 1 N–H and O–H groups in total. The molecule has 0 radical (unpaired) electrons. The van der Waals surface area contributed by atoms with Crippen LogP contribution in [0.4, 0.5) is 0 Å². The molecule has 3 nitrogen and oxygen atoms in total. The summed E-state index contributed by atoms with van der Waals surface area (Å²) >= 11 is 0. The predicted octanol–water partition coefficient (Wildman–Crippen LogP) is 3.26. The lowest BCUT2D eigenvalue weighted by atomic mass is 9.79. The summed E-state index contributed by atoms with van der Waals surface area (Å²) in [6, 6.07) is 19.2. The molecule has 108 valence electrons. The molecule has 3 aromatic rings. The molecule has 1 unspecified atom stereocenters. The standard InChI is InChI=1S/C19H15NO2/c21-19(15-9-11-20-12-10-15)16-6-2-1-5-14(16)13-22-18-8-4-3-7-17(18)19/h1-12,21H,13H2. The van der Waals surface area contributed by atoms with Crippen molar-refractivity contribution < 1.29 is 9.84 Å². The van der Waals surface area contributed by atoms with Crippen LogP contribution in [0.25, 0.3) is 0 Å². The van der Waals surface area contributed by atoms with Crippen LogP contribution < -0.4 is 4.74 Å². The monoisotopic (exact) mass is 289 g/mol. The summed E-state index contributed by atoms with van der Waals surface area (Å²) in [6.45, 7) is 0.445. The van der Waals surface area contributed by atoms with Crippen LogP contribution in [-0.4, -0.2) is 10.1 Å². The van der Waals surface area contributed by atoms with Crippen molar-refractivity contribution in [3.8, 4) is 5.75 Å². The largest absolute Gasteiger partial charge is 0.488 e. The zero-order chi connectivity index (χ0) is 15.0. The molecular formula is C19H15NO2. The normalized spacial score (nSPS) is 19.5. The number of nitrogens with zero attached hydrogens (tertiary/aromatic N) is 1. The van der Waals surface area contributed by atoms with Gasteiger partial charge in [0, 0.05) is 18.0 Å². The van der Waals surface area contributed by atoms with Crippen LogP contribution in [0.5, 0.6) is 5.75 Å². The highest BCUT2D eigenvalue weighted by Gasteiger charge is 2.39. The number of rotatable bonds is 1. The van der Waals surface area contributed by atoms with Crippen LogP contribution in [0.2, 0.25) is 0 Å². The smallest absolute Gasteiger partial charge is 0.144 e. The Hall–Kier alpha value is -2.65. The number of ether oxygens (including phenoxy) is 1. The molecule has 0 saturated heterocycles. The Morgan fingerprint density at radius 1 is 0.864 bits per heavy atom. The average Bonchev–Trinajstić information content (AvgIpc) is 2.73. The van der Waals surface area contributed by atoms with Crippen molar-refractivity contribution in [3.05, 3.63) is 95.3 Å². The van der Waals surface area contributed by atoms with Crippen molar-refractivity contribution in [2.75, 3.05) is 0 Å². The number of aliphatic hydroxyl groups is 1. The molecule has 1 aliphatic heterocycles. The number of fused-ring (bicyclic) bond motifs is 2. The second-order valence-electron chi connectivity index (χ2n) is 5.39. The van der Waals surface area contributed by atoms with E-state index < -0.39 is 5.60 Å². The molecule has 2 aromatic carbocycles. The molecule has 3 heteroatoms. The van der Waals surface area contributed by atoms with Gasteiger partial charge in [-0.3, -0.25) is 4.98 Å². The van der Waals surface area contributed by atoms with Gasteiger partial charge in [0.25, 0.3) is 0 Å². The van der Waals surface area contributed by atoms with Gasteiger partial charge < -0.3 is 9.84 Å². The second-order valence-corrected chi connectivity index (χ2v) is 5.39. The van der Waals surface area contributed by atoms with Gasteiger partial charge in [0.05, 0.1) is 0 Å². The summed E-state index contributed by atoms with van der Waals surface area (Å²) in [5, 5.41) is 11.7. The van der Waals surface area contributed by atoms with Crippen LogP contribution >= 0.6 is 0 Å². The zero-order valence-electron chi connectivity index (χ0n) is 11.9. The van der Waals surface area contributed by atoms with E-state index in [0.29, 0.717) is 12.4 Å². The quantitative estimate of drug-likeness (QED) is 0.747. The first-order valence-electron chi connectivity index (χ1n) is 7.24. The third-order valence-corrected chi connectivity index (χ3v) is 4.17. The fourth-order valence-corrected chi connectivity index (χ4v) is 3.10. The summed E-state index contributed by atoms with van der Waals surface area (Å²) in [5.74, 6) is 0.706. The minimum absolute atomic E-state index is 0.445. The minimum Gasteiger partial charge on any atom is -0.488 e. The average molecular weight is 289 g/mol. The molecule has 0 spiro atoms. The summed E-state index contributed by atoms with van der Waals surface area (Å²) < 4.78 is 5.92. The number of aromatic nitrogens is 1. The van der Waals surface area contributed by atoms with Gasteiger partial charge in [-0.15, -0.1) is 0 Å². The molecule has 4 rings (SSSR count). The van der Waals surface area contributed by atoms with E-state index >= 15 is 0 Å². The highest BCUT2D eigenvalue weighted by molar-refractivity contribution is 5.55. The minimum atomic E-state index is -1.24. The van der Waals surface area contributed by atoms with Gasteiger partial charge in [0.1, 0.15) is 18.0 Å². The van der Waals surface area contributed by atoms with Crippen molar-refractivity contribution in [1.82, 2.24) is 4.98 Å². The van der Waals surface area contributed by atoms with Crippen LogP contribution in [0.1, 0.15) is 22.3 Å². The number of hydrogen-bond acceptors (Lipinski definition) is 3. The highest BCUT2D eigenvalue weighted by Crippen LogP contribution is 2.44. The Labute approximate surface area is 128 Å². The lowest BCUT2D eigenvalue weighted by Gasteiger charge is -2.30. The molecule has 1 aromatic heterocycles. The molecule has 0 fully saturated rings. The SMILES string of the molecule is OC1(c2ccncc2)c2ccccc2COc2ccccc21. The molecule has 22 heavy (non-hydrogen) atoms. The zero-order valence-corrected chi connectivity index (χ0v) is 11.9. The van der Waals surface area contributed by atoms with Gasteiger partial charge >= 0.3 is 0 Å². The Morgan fingerprint density at radius 2 is 1.55 bits per heavy atom. The fourth-order valence-electron chi connectivity index (χ4n) is 3.10. The Balaban J connectivity index is 2.08. The van der Waals surface area contributed by atoms with Crippen molar-refractivity contribution in [1.29, 1.82) is 0 Å². The van der Waals surface area contributed by atoms with Gasteiger partial charge in [0.15, 0.2) is 0 Å². The van der Waals surface area contributed by atoms with E-state index in [4.69, 9.17) is 4.74 Å². The van der Waals surface area contributed by atoms with E-state index in [1.807, 2.05) is 60.7 Å². The molecule has 1 aliphatic rings. The third-order valence-electron chi connectivity index (χ3n) is 4.17. The van der Waals surface area contributed by atoms with Crippen LogP contribution in [0, 0.1) is 0 Å². The van der Waals surface area contributed by atoms with E-state index in [1.165, 1.54) is 0 Å². The molecular weight excluding hydrogens is 274 g/mol. The van der Waals surface area contributed by atoms with Crippen molar-refractivity contribution in [2.45, 2.75) is 12.2 Å². The van der Waals surface area contributed by atoms with Crippen LogP contribution in [0.15, 0.2) is 73.1 Å². The van der Waals surface area contributed by atoms with Gasteiger partial charge in [-0.2, -0.15) is 0 Å². The lowest BCUT2D eigenvalue weighted by molar-refractivity contribution is 0.124. The molecule has 0 saturated carbocycles. The predicted molar refractivity (Wildman–Crippen MR) is 83.6 cm³/mol. The van der Waals surface area contributed by atoms with Crippen molar-refractivity contribution in [3.63, 3.8) is 0 Å². The van der Waals surface area contributed by atoms with Gasteiger partial charge in [-0.1, -0.05) is 42.5 Å². The topological polar surface area (TPSA) is 42.4 Å². The van der Waals surface area contributed by atoms with E-state index in [0.717, 1.165) is 22.3 Å². The Bertz CT molecular complexity index is 767. The molecule has 0 amide bonds. The van der Waals surface area contributed by atoms with Crippen LogP contribution in [-0.2, 0) is 12.2 Å². The van der Waals surface area contributed by atoms with E-state index in [9.17, 15) is 5.11 Å². The van der Waals surface area contributed by atoms with E-state index in [1.54, 1.807) is 12.4 Å². The van der Waals surface area contributed by atoms with Gasteiger partial charge in [-0.25, -0.2) is 0 Å². The number of hydrogen-bond donors (Lipinski definition) is 1. The lowest BCUT2D eigenvalue weighted by Crippen LogP contribution is -2.29. The molecule has 0 bridgehead atoms. The van der Waals surface area contributed by atoms with Gasteiger partial charge in [0.2, 0.25) is 0 Å². The first-order chi connectivity index (χ1) is 10.8. The fraction of sp³-hybridized carbons (Fsp3) is 0.105. The van der Waals surface area contributed by atoms with E-state index in [-0.39, 0.29) is 0 Å². The van der Waals surface area contributed by atoms with Gasteiger partial charge in [-0.05, 0) is 34.9 Å². The number of para-hydroxylation sites is 1. The maximum Gasteiger partial charge on any atom is 0.144 e. The van der Waals surface area contributed by atoms with Crippen molar-refractivity contribution in [2.24, 2.45) is 0 Å². The maximum atomic E-state index is 11.7. The summed E-state index contributed by atoms with van der Waals surface area (Å²) in [7, 11) is 0.